The number of nitrogens with two attached hydrogens (primary N) is 1. The minimum absolute atomic E-state index is 0.0398. The summed E-state index contributed by atoms with van der Waals surface area (Å²) in [5.74, 6) is -0.0238. The van der Waals surface area contributed by atoms with Crippen LogP contribution in [0.3, 0.4) is 0 Å². The number of halogens is 3. The summed E-state index contributed by atoms with van der Waals surface area (Å²) in [5.41, 5.74) is 5.37. The van der Waals surface area contributed by atoms with Gasteiger partial charge in [0.25, 0.3) is 0 Å². The maximum atomic E-state index is 12.7. The Morgan fingerprint density at radius 2 is 1.85 bits per heavy atom. The number of Topliss-reactive ketones (excluding diaryl/α,β-unsaturated/α-hetero) is 1. The van der Waals surface area contributed by atoms with Crippen molar-refractivity contribution in [2.75, 3.05) is 12.8 Å². The summed E-state index contributed by atoms with van der Waals surface area (Å²) in [6.45, 7) is 0. The molecule has 6 nitrogen and oxygen atoms in total. The number of nitrogens with zero attached hydrogens (tertiary/aromatic N) is 3. The molecule has 140 valence electrons. The van der Waals surface area contributed by atoms with Crippen molar-refractivity contribution in [2.45, 2.75) is 19.0 Å². The second-order valence-electron chi connectivity index (χ2n) is 5.72. The standard InChI is InChI=1S/C18H15F3N4O2/c1-27-13-6-3-5-11-15(24-17(22)25-16(11)13)12(26)9-8-10-4-2-7-14(23-10)18(19,20)21/h2-7H,8-9H2,1H3,(H2,22,24,25). The van der Waals surface area contributed by atoms with E-state index in [4.69, 9.17) is 10.5 Å². The number of hydrogen-bond donors (Lipinski definition) is 1. The van der Waals surface area contributed by atoms with E-state index in [1.807, 2.05) is 0 Å². The Labute approximate surface area is 152 Å². The molecule has 27 heavy (non-hydrogen) atoms. The topological polar surface area (TPSA) is 91.0 Å². The molecule has 2 heterocycles. The molecule has 0 aliphatic carbocycles. The third-order valence-corrected chi connectivity index (χ3v) is 3.90. The van der Waals surface area contributed by atoms with Crippen LogP contribution in [-0.4, -0.2) is 27.8 Å². The van der Waals surface area contributed by atoms with E-state index in [1.165, 1.54) is 19.2 Å². The number of hydrogen-bond acceptors (Lipinski definition) is 6. The highest BCUT2D eigenvalue weighted by molar-refractivity contribution is 6.07. The second kappa shape index (κ2) is 7.18. The fourth-order valence-electron chi connectivity index (χ4n) is 2.66. The monoisotopic (exact) mass is 376 g/mol. The lowest BCUT2D eigenvalue weighted by atomic mass is 10.1. The van der Waals surface area contributed by atoms with E-state index in [9.17, 15) is 18.0 Å². The number of nitrogen functional groups attached to an aromatic ring is 1. The number of fused-ring (bicyclic) bond motifs is 1. The summed E-state index contributed by atoms with van der Waals surface area (Å²) in [7, 11) is 1.47. The van der Waals surface area contributed by atoms with Crippen molar-refractivity contribution in [3.05, 3.63) is 53.5 Å². The van der Waals surface area contributed by atoms with Gasteiger partial charge < -0.3 is 10.5 Å². The van der Waals surface area contributed by atoms with Gasteiger partial charge >= 0.3 is 6.18 Å². The van der Waals surface area contributed by atoms with E-state index < -0.39 is 11.9 Å². The van der Waals surface area contributed by atoms with Gasteiger partial charge in [-0.05, 0) is 24.6 Å². The number of rotatable bonds is 5. The fraction of sp³-hybridized carbons (Fsp3) is 0.222. The first-order chi connectivity index (χ1) is 12.8. The van der Waals surface area contributed by atoms with Crippen LogP contribution in [0.15, 0.2) is 36.4 Å². The van der Waals surface area contributed by atoms with Gasteiger partial charge in [0.2, 0.25) is 5.95 Å². The Bertz CT molecular complexity index is 1010. The van der Waals surface area contributed by atoms with Crippen LogP contribution in [0, 0.1) is 0 Å². The number of anilines is 1. The van der Waals surface area contributed by atoms with Crippen LogP contribution in [0.25, 0.3) is 10.9 Å². The zero-order valence-electron chi connectivity index (χ0n) is 14.2. The molecule has 0 saturated heterocycles. The number of carbonyl (C=O) groups is 1. The van der Waals surface area contributed by atoms with Crippen molar-refractivity contribution in [2.24, 2.45) is 0 Å². The van der Waals surface area contributed by atoms with Crippen LogP contribution < -0.4 is 10.5 Å². The molecule has 0 aliphatic rings. The molecule has 2 N–H and O–H groups in total. The molecule has 0 fully saturated rings. The molecule has 0 saturated carbocycles. The quantitative estimate of drug-likeness (QED) is 0.686. The number of benzene rings is 1. The molecule has 0 aliphatic heterocycles. The summed E-state index contributed by atoms with van der Waals surface area (Å²) in [5, 5.41) is 0.463. The summed E-state index contributed by atoms with van der Waals surface area (Å²) < 4.78 is 43.5. The molecule has 1 aromatic carbocycles. The fourth-order valence-corrected chi connectivity index (χ4v) is 2.66. The minimum atomic E-state index is -4.53. The lowest BCUT2D eigenvalue weighted by molar-refractivity contribution is -0.141. The van der Waals surface area contributed by atoms with Crippen molar-refractivity contribution in [3.63, 3.8) is 0 Å². The number of ketones is 1. The summed E-state index contributed by atoms with van der Waals surface area (Å²) in [4.78, 5) is 24.3. The molecule has 0 spiro atoms. The van der Waals surface area contributed by atoms with Gasteiger partial charge in [-0.3, -0.25) is 4.79 Å². The van der Waals surface area contributed by atoms with E-state index in [0.29, 0.717) is 16.7 Å². The van der Waals surface area contributed by atoms with Crippen molar-refractivity contribution in [3.8, 4) is 5.75 Å². The minimum Gasteiger partial charge on any atom is -0.494 e. The number of aryl methyl sites for hydroxylation is 1. The maximum Gasteiger partial charge on any atom is 0.433 e. The first kappa shape index (κ1) is 18.6. The van der Waals surface area contributed by atoms with Crippen molar-refractivity contribution < 1.29 is 22.7 Å². The lowest BCUT2D eigenvalue weighted by Gasteiger charge is -2.09. The Balaban J connectivity index is 1.87. The van der Waals surface area contributed by atoms with Gasteiger partial charge in [-0.2, -0.15) is 13.2 Å². The van der Waals surface area contributed by atoms with E-state index in [1.54, 1.807) is 18.2 Å². The van der Waals surface area contributed by atoms with Crippen molar-refractivity contribution in [1.82, 2.24) is 15.0 Å². The van der Waals surface area contributed by atoms with E-state index in [2.05, 4.69) is 15.0 Å². The van der Waals surface area contributed by atoms with Gasteiger partial charge in [0, 0.05) is 17.5 Å². The third kappa shape index (κ3) is 3.97. The smallest absolute Gasteiger partial charge is 0.433 e. The highest BCUT2D eigenvalue weighted by Crippen LogP contribution is 2.28. The van der Waals surface area contributed by atoms with Crippen LogP contribution in [-0.2, 0) is 12.6 Å². The predicted molar refractivity (Wildman–Crippen MR) is 92.4 cm³/mol. The summed E-state index contributed by atoms with van der Waals surface area (Å²) in [6, 6.07) is 8.61. The molecular weight excluding hydrogens is 361 g/mol. The zero-order valence-corrected chi connectivity index (χ0v) is 14.2. The van der Waals surface area contributed by atoms with Gasteiger partial charge in [0.05, 0.1) is 7.11 Å². The van der Waals surface area contributed by atoms with Gasteiger partial charge in [0.15, 0.2) is 5.78 Å². The average molecular weight is 376 g/mol. The third-order valence-electron chi connectivity index (χ3n) is 3.90. The largest absolute Gasteiger partial charge is 0.494 e. The average Bonchev–Trinajstić information content (AvgIpc) is 2.64. The van der Waals surface area contributed by atoms with Gasteiger partial charge in [0.1, 0.15) is 22.7 Å². The van der Waals surface area contributed by atoms with Crippen LogP contribution in [0.2, 0.25) is 0 Å². The molecule has 0 radical (unpaired) electrons. The van der Waals surface area contributed by atoms with Crippen molar-refractivity contribution >= 4 is 22.6 Å². The second-order valence-corrected chi connectivity index (χ2v) is 5.72. The Hall–Kier alpha value is -3.23. The number of carbonyl (C=O) groups excluding carboxylic acids is 1. The first-order valence-electron chi connectivity index (χ1n) is 7.96. The summed E-state index contributed by atoms with van der Waals surface area (Å²) >= 11 is 0. The highest BCUT2D eigenvalue weighted by Gasteiger charge is 2.32. The Morgan fingerprint density at radius 1 is 1.11 bits per heavy atom. The zero-order chi connectivity index (χ0) is 19.6. The van der Waals surface area contributed by atoms with Crippen LogP contribution in [0.4, 0.5) is 19.1 Å². The molecule has 3 aromatic rings. The normalized spacial score (nSPS) is 11.6. The SMILES string of the molecule is COc1cccc2c(C(=O)CCc3cccc(C(F)(F)F)n3)nc(N)nc12. The number of methoxy groups -OCH3 is 1. The Morgan fingerprint density at radius 3 is 2.56 bits per heavy atom. The maximum absolute atomic E-state index is 12.7. The van der Waals surface area contributed by atoms with Gasteiger partial charge in [-0.1, -0.05) is 18.2 Å². The van der Waals surface area contributed by atoms with Gasteiger partial charge in [-0.15, -0.1) is 0 Å². The summed E-state index contributed by atoms with van der Waals surface area (Å²) in [6.07, 6.45) is -4.57. The molecule has 0 bridgehead atoms. The van der Waals surface area contributed by atoms with Crippen LogP contribution in [0.1, 0.15) is 28.3 Å². The molecule has 2 aromatic heterocycles. The predicted octanol–water partition coefficient (Wildman–Crippen LogP) is 3.45. The molecule has 0 unspecified atom stereocenters. The highest BCUT2D eigenvalue weighted by atomic mass is 19.4. The van der Waals surface area contributed by atoms with Crippen molar-refractivity contribution in [1.29, 1.82) is 0 Å². The van der Waals surface area contributed by atoms with E-state index in [-0.39, 0.29) is 36.0 Å². The van der Waals surface area contributed by atoms with Crippen LogP contribution >= 0.6 is 0 Å². The number of alkyl halides is 3. The Kier molecular flexibility index (Phi) is 4.93. The molecule has 3 rings (SSSR count). The number of aromatic nitrogens is 3. The molecule has 9 heteroatoms. The first-order valence-corrected chi connectivity index (χ1v) is 7.96. The van der Waals surface area contributed by atoms with E-state index in [0.717, 1.165) is 6.07 Å². The van der Waals surface area contributed by atoms with Gasteiger partial charge in [-0.25, -0.2) is 15.0 Å². The molecule has 0 amide bonds. The van der Waals surface area contributed by atoms with Crippen LogP contribution in [0.5, 0.6) is 5.75 Å². The number of para-hydroxylation sites is 1. The molecule has 0 atom stereocenters. The molecular formula is C18H15F3N4O2. The lowest BCUT2D eigenvalue weighted by Crippen LogP contribution is -2.11. The number of ether oxygens (including phenoxy) is 1. The van der Waals surface area contributed by atoms with E-state index >= 15 is 0 Å². The number of pyridine rings is 1.